The predicted octanol–water partition coefficient (Wildman–Crippen LogP) is 7.35. The van der Waals surface area contributed by atoms with Crippen LogP contribution in [0, 0.1) is 5.92 Å². The van der Waals surface area contributed by atoms with E-state index in [0.717, 1.165) is 32.0 Å². The van der Waals surface area contributed by atoms with E-state index >= 15 is 0 Å². The van der Waals surface area contributed by atoms with Gasteiger partial charge in [-0.15, -0.1) is 11.3 Å². The molecule has 0 saturated carbocycles. The zero-order valence-electron chi connectivity index (χ0n) is 17.2. The summed E-state index contributed by atoms with van der Waals surface area (Å²) in [5, 5.41) is 11.8. The Morgan fingerprint density at radius 1 is 0.867 bits per heavy atom. The molecule has 0 saturated heterocycles. The number of aliphatic hydroxyl groups is 1. The molecule has 0 aliphatic rings. The molecule has 0 fully saturated rings. The third-order valence-electron chi connectivity index (χ3n) is 4.85. The third kappa shape index (κ3) is 4.84. The molecule has 4 heteroatoms. The van der Waals surface area contributed by atoms with E-state index in [1.165, 1.54) is 0 Å². The Morgan fingerprint density at radius 3 is 2.40 bits per heavy atom. The Bertz CT molecular complexity index is 1100. The zero-order valence-corrected chi connectivity index (χ0v) is 18.1. The van der Waals surface area contributed by atoms with Crippen LogP contribution in [0.5, 0.6) is 17.2 Å². The summed E-state index contributed by atoms with van der Waals surface area (Å²) in [5.41, 5.74) is 1.12. The Hall–Kier alpha value is -2.82. The monoisotopic (exact) mass is 418 g/mol. The highest BCUT2D eigenvalue weighted by Crippen LogP contribution is 2.45. The lowest BCUT2D eigenvalue weighted by Crippen LogP contribution is -2.01. The van der Waals surface area contributed by atoms with Gasteiger partial charge in [0.2, 0.25) is 0 Å². The van der Waals surface area contributed by atoms with Crippen molar-refractivity contribution in [2.75, 3.05) is 0 Å². The number of benzene rings is 3. The summed E-state index contributed by atoms with van der Waals surface area (Å²) < 4.78 is 13.4. The highest BCUT2D eigenvalue weighted by Gasteiger charge is 2.21. The van der Waals surface area contributed by atoms with Crippen LogP contribution in [0.4, 0.5) is 0 Å². The van der Waals surface area contributed by atoms with Gasteiger partial charge in [-0.2, -0.15) is 0 Å². The van der Waals surface area contributed by atoms with Crippen LogP contribution in [0.3, 0.4) is 0 Å². The average molecular weight is 419 g/mol. The lowest BCUT2D eigenvalue weighted by atomic mass is 10.0. The Labute approximate surface area is 181 Å². The topological polar surface area (TPSA) is 38.7 Å². The van der Waals surface area contributed by atoms with Gasteiger partial charge in [0.05, 0.1) is 11.0 Å². The van der Waals surface area contributed by atoms with Crippen molar-refractivity contribution in [1.82, 2.24) is 0 Å². The summed E-state index contributed by atoms with van der Waals surface area (Å²) in [6.07, 6.45) is 0.151. The fourth-order valence-electron chi connectivity index (χ4n) is 3.41. The predicted molar refractivity (Wildman–Crippen MR) is 124 cm³/mol. The number of hydrogen-bond acceptors (Lipinski definition) is 4. The fraction of sp³-hybridized carbons (Fsp3) is 0.231. The molecule has 0 amide bonds. The molecule has 1 N–H and O–H groups in total. The molecular formula is C26H26O3S. The van der Waals surface area contributed by atoms with Crippen LogP contribution < -0.4 is 9.47 Å². The third-order valence-corrected chi connectivity index (χ3v) is 6.10. The van der Waals surface area contributed by atoms with Crippen LogP contribution in [0.2, 0.25) is 0 Å². The molecule has 1 atom stereocenters. The van der Waals surface area contributed by atoms with E-state index in [1.54, 1.807) is 11.3 Å². The molecule has 1 heterocycles. The molecule has 0 spiro atoms. The van der Waals surface area contributed by atoms with Gasteiger partial charge in [-0.1, -0.05) is 62.4 Å². The van der Waals surface area contributed by atoms with E-state index in [0.29, 0.717) is 24.7 Å². The van der Waals surface area contributed by atoms with E-state index in [1.807, 2.05) is 72.8 Å². The maximum atomic E-state index is 10.8. The number of rotatable bonds is 8. The van der Waals surface area contributed by atoms with Gasteiger partial charge in [-0.3, -0.25) is 0 Å². The summed E-state index contributed by atoms with van der Waals surface area (Å²) in [6.45, 7) is 4.74. The van der Waals surface area contributed by atoms with Gasteiger partial charge in [0.25, 0.3) is 0 Å². The quantitative estimate of drug-likeness (QED) is 0.325. The van der Waals surface area contributed by atoms with E-state index in [9.17, 15) is 5.11 Å². The van der Waals surface area contributed by atoms with Crippen LogP contribution in [0.25, 0.3) is 10.1 Å². The minimum absolute atomic E-state index is 0.396. The van der Waals surface area contributed by atoms with Crippen molar-refractivity contribution in [2.24, 2.45) is 5.92 Å². The van der Waals surface area contributed by atoms with Gasteiger partial charge < -0.3 is 14.6 Å². The van der Waals surface area contributed by atoms with Gasteiger partial charge in [0.1, 0.15) is 18.1 Å². The minimum Gasteiger partial charge on any atom is -0.489 e. The maximum Gasteiger partial charge on any atom is 0.151 e. The molecule has 154 valence electrons. The molecule has 0 aliphatic heterocycles. The number of aliphatic hydroxyl groups excluding tert-OH is 1. The van der Waals surface area contributed by atoms with Gasteiger partial charge in [0.15, 0.2) is 5.75 Å². The van der Waals surface area contributed by atoms with Crippen molar-refractivity contribution in [2.45, 2.75) is 33.0 Å². The molecule has 0 bridgehead atoms. The smallest absolute Gasteiger partial charge is 0.151 e. The van der Waals surface area contributed by atoms with Crippen molar-refractivity contribution < 1.29 is 14.6 Å². The van der Waals surface area contributed by atoms with E-state index < -0.39 is 6.10 Å². The molecule has 1 aromatic heterocycles. The molecule has 30 heavy (non-hydrogen) atoms. The van der Waals surface area contributed by atoms with Gasteiger partial charge in [-0.25, -0.2) is 0 Å². The van der Waals surface area contributed by atoms with Crippen LogP contribution in [-0.2, 0) is 6.61 Å². The van der Waals surface area contributed by atoms with Crippen LogP contribution >= 0.6 is 11.3 Å². The fourth-order valence-corrected chi connectivity index (χ4v) is 4.54. The second-order valence-electron chi connectivity index (χ2n) is 7.79. The number of hydrogen-bond donors (Lipinski definition) is 1. The average Bonchev–Trinajstić information content (AvgIpc) is 3.11. The summed E-state index contributed by atoms with van der Waals surface area (Å²) in [6, 6.07) is 25.9. The SMILES string of the molecule is CC(C)CC(O)c1sc2ccccc2c1Oc1cccc(OCc2ccccc2)c1. The van der Waals surface area contributed by atoms with E-state index in [4.69, 9.17) is 9.47 Å². The molecule has 3 nitrogen and oxygen atoms in total. The highest BCUT2D eigenvalue weighted by atomic mass is 32.1. The van der Waals surface area contributed by atoms with Gasteiger partial charge >= 0.3 is 0 Å². The van der Waals surface area contributed by atoms with Crippen LogP contribution in [-0.4, -0.2) is 5.11 Å². The lowest BCUT2D eigenvalue weighted by Gasteiger charge is -2.15. The van der Waals surface area contributed by atoms with E-state index in [-0.39, 0.29) is 0 Å². The van der Waals surface area contributed by atoms with Crippen LogP contribution in [0.1, 0.15) is 36.8 Å². The first kappa shape index (κ1) is 20.5. The number of thiophene rings is 1. The zero-order chi connectivity index (χ0) is 20.9. The second-order valence-corrected chi connectivity index (χ2v) is 8.87. The molecule has 0 radical (unpaired) electrons. The first-order valence-corrected chi connectivity index (χ1v) is 11.1. The highest BCUT2D eigenvalue weighted by molar-refractivity contribution is 7.19. The summed E-state index contributed by atoms with van der Waals surface area (Å²) in [4.78, 5) is 0.875. The summed E-state index contributed by atoms with van der Waals surface area (Å²) in [5.74, 6) is 2.58. The largest absolute Gasteiger partial charge is 0.489 e. The molecule has 3 aromatic carbocycles. The van der Waals surface area contributed by atoms with Crippen molar-refractivity contribution >= 4 is 21.4 Å². The van der Waals surface area contributed by atoms with Crippen molar-refractivity contribution in [1.29, 1.82) is 0 Å². The molecular weight excluding hydrogens is 392 g/mol. The maximum absolute atomic E-state index is 10.8. The summed E-state index contributed by atoms with van der Waals surface area (Å²) in [7, 11) is 0. The van der Waals surface area contributed by atoms with Crippen molar-refractivity contribution in [3.05, 3.63) is 89.3 Å². The number of ether oxygens (including phenoxy) is 2. The standard InChI is InChI=1S/C26H26O3S/c1-18(2)15-23(27)26-25(22-13-6-7-14-24(22)30-26)29-21-12-8-11-20(16-21)28-17-19-9-4-3-5-10-19/h3-14,16,18,23,27H,15,17H2,1-2H3. The van der Waals surface area contributed by atoms with Crippen LogP contribution in [0.15, 0.2) is 78.9 Å². The van der Waals surface area contributed by atoms with E-state index in [2.05, 4.69) is 19.9 Å². The Kier molecular flexibility index (Phi) is 6.36. The molecule has 1 unspecified atom stereocenters. The molecule has 4 aromatic rings. The lowest BCUT2D eigenvalue weighted by molar-refractivity contribution is 0.152. The molecule has 4 rings (SSSR count). The van der Waals surface area contributed by atoms with Gasteiger partial charge in [0, 0.05) is 16.2 Å². The Morgan fingerprint density at radius 2 is 1.60 bits per heavy atom. The first-order valence-electron chi connectivity index (χ1n) is 10.2. The molecule has 0 aliphatic carbocycles. The first-order chi connectivity index (χ1) is 14.6. The number of fused-ring (bicyclic) bond motifs is 1. The second kappa shape index (κ2) is 9.33. The minimum atomic E-state index is -0.546. The van der Waals surface area contributed by atoms with Crippen molar-refractivity contribution in [3.63, 3.8) is 0 Å². The summed E-state index contributed by atoms with van der Waals surface area (Å²) >= 11 is 1.60. The van der Waals surface area contributed by atoms with Gasteiger partial charge in [-0.05, 0) is 42.2 Å². The van der Waals surface area contributed by atoms with Crippen molar-refractivity contribution in [3.8, 4) is 17.2 Å². The normalized spacial score (nSPS) is 12.3. The Balaban J connectivity index is 1.59.